The van der Waals surface area contributed by atoms with Gasteiger partial charge in [0, 0.05) is 5.41 Å². The first-order valence-corrected chi connectivity index (χ1v) is 7.37. The fraction of sp³-hybridized carbons (Fsp3) is 0.200. The van der Waals surface area contributed by atoms with Crippen molar-refractivity contribution < 1.29 is 0 Å². The van der Waals surface area contributed by atoms with Gasteiger partial charge in [0.2, 0.25) is 0 Å². The maximum absolute atomic E-state index is 2.39. The molecule has 0 aromatic heterocycles. The van der Waals surface area contributed by atoms with Gasteiger partial charge in [-0.1, -0.05) is 74.5 Å². The van der Waals surface area contributed by atoms with E-state index < -0.39 is 0 Å². The molecule has 1 aliphatic carbocycles. The van der Waals surface area contributed by atoms with Gasteiger partial charge in [0.1, 0.15) is 0 Å². The second-order valence-electron chi connectivity index (χ2n) is 6.02. The number of allylic oxidation sites excluding steroid dienone is 1. The van der Waals surface area contributed by atoms with E-state index >= 15 is 0 Å². The van der Waals surface area contributed by atoms with Crippen LogP contribution in [0.25, 0.3) is 27.6 Å². The summed E-state index contributed by atoms with van der Waals surface area (Å²) in [4.78, 5) is 0. The summed E-state index contributed by atoms with van der Waals surface area (Å²) < 4.78 is 0. The monoisotopic (exact) mass is 258 g/mol. The van der Waals surface area contributed by atoms with Crippen LogP contribution in [0, 0.1) is 0 Å². The molecular weight excluding hydrogens is 240 g/mol. The fourth-order valence-corrected chi connectivity index (χ4v) is 3.47. The third-order valence-corrected chi connectivity index (χ3v) is 4.90. The van der Waals surface area contributed by atoms with Gasteiger partial charge in [-0.25, -0.2) is 0 Å². The summed E-state index contributed by atoms with van der Waals surface area (Å²) in [6.45, 7) is 4.63. The Balaban J connectivity index is 2.32. The van der Waals surface area contributed by atoms with Gasteiger partial charge in [-0.3, -0.25) is 0 Å². The number of rotatable bonds is 1. The topological polar surface area (TPSA) is 0 Å². The van der Waals surface area contributed by atoms with Gasteiger partial charge in [-0.05, 0) is 39.1 Å². The quantitative estimate of drug-likeness (QED) is 0.492. The van der Waals surface area contributed by atoms with Crippen molar-refractivity contribution in [2.45, 2.75) is 25.7 Å². The molecule has 0 saturated heterocycles. The molecule has 20 heavy (non-hydrogen) atoms. The van der Waals surface area contributed by atoms with Gasteiger partial charge < -0.3 is 0 Å². The van der Waals surface area contributed by atoms with Crippen molar-refractivity contribution in [3.8, 4) is 0 Å². The molecule has 0 saturated carbocycles. The minimum atomic E-state index is 0.118. The van der Waals surface area contributed by atoms with Crippen LogP contribution in [-0.4, -0.2) is 0 Å². The first kappa shape index (κ1) is 11.7. The minimum Gasteiger partial charge on any atom is -0.0736 e. The fourth-order valence-electron chi connectivity index (χ4n) is 3.47. The van der Waals surface area contributed by atoms with Crippen LogP contribution in [0.2, 0.25) is 0 Å². The van der Waals surface area contributed by atoms with Crippen LogP contribution in [0.1, 0.15) is 31.4 Å². The molecule has 0 heteroatoms. The molecule has 0 fully saturated rings. The summed E-state index contributed by atoms with van der Waals surface area (Å²) in [5.41, 5.74) is 2.93. The lowest BCUT2D eigenvalue weighted by atomic mass is 9.78. The lowest BCUT2D eigenvalue weighted by molar-refractivity contribution is 0.581. The first-order valence-electron chi connectivity index (χ1n) is 7.37. The predicted molar refractivity (Wildman–Crippen MR) is 88.1 cm³/mol. The molecule has 4 rings (SSSR count). The summed E-state index contributed by atoms with van der Waals surface area (Å²) in [7, 11) is 0. The van der Waals surface area contributed by atoms with Gasteiger partial charge in [-0.2, -0.15) is 0 Å². The zero-order chi connectivity index (χ0) is 13.7. The van der Waals surface area contributed by atoms with E-state index in [2.05, 4.69) is 74.5 Å². The van der Waals surface area contributed by atoms with Crippen LogP contribution in [0.4, 0.5) is 0 Å². The van der Waals surface area contributed by atoms with Crippen LogP contribution in [-0.2, 0) is 5.41 Å². The van der Waals surface area contributed by atoms with Crippen molar-refractivity contribution in [2.24, 2.45) is 0 Å². The first-order chi connectivity index (χ1) is 9.73. The normalized spacial score (nSPS) is 20.7. The standard InChI is InChI=1S/C20H18/c1-3-20(2)13-12-16-7-4-6-14-10-11-15-8-5-9-17(20)19(15)18(14)16/h4-13H,3H2,1-2H3. The zero-order valence-corrected chi connectivity index (χ0v) is 12.0. The molecule has 0 bridgehead atoms. The van der Waals surface area contributed by atoms with Crippen molar-refractivity contribution in [1.29, 1.82) is 0 Å². The highest BCUT2D eigenvalue weighted by Gasteiger charge is 2.26. The number of hydrogen-bond donors (Lipinski definition) is 0. The molecular formula is C20H18. The van der Waals surface area contributed by atoms with E-state index in [1.54, 1.807) is 0 Å². The summed E-state index contributed by atoms with van der Waals surface area (Å²) in [6.07, 6.45) is 5.81. The van der Waals surface area contributed by atoms with E-state index in [0.29, 0.717) is 0 Å². The van der Waals surface area contributed by atoms with Crippen molar-refractivity contribution in [1.82, 2.24) is 0 Å². The van der Waals surface area contributed by atoms with Crippen molar-refractivity contribution in [2.75, 3.05) is 0 Å². The van der Waals surface area contributed by atoms with Gasteiger partial charge in [0.25, 0.3) is 0 Å². The number of benzene rings is 3. The summed E-state index contributed by atoms with van der Waals surface area (Å²) in [6, 6.07) is 17.8. The van der Waals surface area contributed by atoms with E-state index in [1.807, 2.05) is 0 Å². The minimum absolute atomic E-state index is 0.118. The van der Waals surface area contributed by atoms with Crippen molar-refractivity contribution in [3.63, 3.8) is 0 Å². The van der Waals surface area contributed by atoms with Gasteiger partial charge >= 0.3 is 0 Å². The Morgan fingerprint density at radius 3 is 2.30 bits per heavy atom. The molecule has 3 aromatic carbocycles. The van der Waals surface area contributed by atoms with Crippen LogP contribution < -0.4 is 0 Å². The third-order valence-electron chi connectivity index (χ3n) is 4.90. The molecule has 0 N–H and O–H groups in total. The Hall–Kier alpha value is -2.08. The lowest BCUT2D eigenvalue weighted by Crippen LogP contribution is -2.17. The SMILES string of the molecule is CCC1(C)C=Cc2cccc3ccc4cccc1c4c23. The predicted octanol–water partition coefficient (Wildman–Crippen LogP) is 5.69. The molecule has 0 nitrogen and oxygen atoms in total. The Morgan fingerprint density at radius 2 is 1.55 bits per heavy atom. The third kappa shape index (κ3) is 1.42. The molecule has 1 aliphatic rings. The average Bonchev–Trinajstić information content (AvgIpc) is 2.63. The molecule has 0 aliphatic heterocycles. The molecule has 0 heterocycles. The number of hydrogen-bond acceptors (Lipinski definition) is 0. The second-order valence-corrected chi connectivity index (χ2v) is 6.02. The smallest absolute Gasteiger partial charge is 0.0111 e. The summed E-state index contributed by atoms with van der Waals surface area (Å²) in [5.74, 6) is 0. The van der Waals surface area contributed by atoms with E-state index in [0.717, 1.165) is 6.42 Å². The van der Waals surface area contributed by atoms with Gasteiger partial charge in [0.15, 0.2) is 0 Å². The highest BCUT2D eigenvalue weighted by Crippen LogP contribution is 2.42. The van der Waals surface area contributed by atoms with E-state index in [4.69, 9.17) is 0 Å². The van der Waals surface area contributed by atoms with Crippen LogP contribution in [0.3, 0.4) is 0 Å². The molecule has 0 amide bonds. The highest BCUT2D eigenvalue weighted by molar-refractivity contribution is 6.13. The second kappa shape index (κ2) is 3.96. The molecule has 3 aromatic rings. The van der Waals surface area contributed by atoms with Crippen LogP contribution in [0.15, 0.2) is 54.6 Å². The Morgan fingerprint density at radius 1 is 0.850 bits per heavy atom. The van der Waals surface area contributed by atoms with E-state index in [9.17, 15) is 0 Å². The average molecular weight is 258 g/mol. The van der Waals surface area contributed by atoms with Crippen molar-refractivity contribution >= 4 is 27.6 Å². The Labute approximate surface area is 119 Å². The molecule has 1 unspecified atom stereocenters. The largest absolute Gasteiger partial charge is 0.0736 e. The lowest BCUT2D eigenvalue weighted by Gasteiger charge is -2.26. The molecule has 0 spiro atoms. The maximum Gasteiger partial charge on any atom is 0.0111 e. The Bertz CT molecular complexity index is 854. The summed E-state index contributed by atoms with van der Waals surface area (Å²) >= 11 is 0. The van der Waals surface area contributed by atoms with E-state index in [1.165, 1.54) is 32.7 Å². The van der Waals surface area contributed by atoms with Gasteiger partial charge in [0.05, 0.1) is 0 Å². The molecule has 1 atom stereocenters. The van der Waals surface area contributed by atoms with Crippen LogP contribution in [0.5, 0.6) is 0 Å². The van der Waals surface area contributed by atoms with Gasteiger partial charge in [-0.15, -0.1) is 0 Å². The summed E-state index contributed by atoms with van der Waals surface area (Å²) in [5, 5.41) is 5.54. The van der Waals surface area contributed by atoms with Crippen LogP contribution >= 0.6 is 0 Å². The van der Waals surface area contributed by atoms with E-state index in [-0.39, 0.29) is 5.41 Å². The highest BCUT2D eigenvalue weighted by atomic mass is 14.3. The molecule has 0 radical (unpaired) electrons. The maximum atomic E-state index is 2.39. The Kier molecular flexibility index (Phi) is 2.32. The molecule has 98 valence electrons. The van der Waals surface area contributed by atoms with Crippen molar-refractivity contribution in [3.05, 3.63) is 65.7 Å². The zero-order valence-electron chi connectivity index (χ0n) is 12.0.